The molecule has 0 bridgehead atoms. The molecule has 1 aliphatic carbocycles. The van der Waals surface area contributed by atoms with E-state index in [1.54, 1.807) is 0 Å². The largest absolute Gasteiger partial charge is 0.355 e. The Kier molecular flexibility index (Phi) is 4.39. The van der Waals surface area contributed by atoms with E-state index in [2.05, 4.69) is 67.3 Å². The number of aromatic amines is 1. The van der Waals surface area contributed by atoms with E-state index >= 15 is 0 Å². The van der Waals surface area contributed by atoms with Crippen molar-refractivity contribution in [2.24, 2.45) is 0 Å². The minimum Gasteiger partial charge on any atom is -0.355 e. The Balaban J connectivity index is 1.82. The molecule has 1 aliphatic rings. The van der Waals surface area contributed by atoms with Crippen LogP contribution in [0.25, 0.3) is 16.5 Å². The highest BCUT2D eigenvalue weighted by atomic mass is 15.1. The number of benzene rings is 1. The van der Waals surface area contributed by atoms with Crippen LogP contribution in [0, 0.1) is 0 Å². The molecule has 22 heavy (non-hydrogen) atoms. The van der Waals surface area contributed by atoms with Crippen LogP contribution in [0.5, 0.6) is 0 Å². The molecule has 0 radical (unpaired) electrons. The van der Waals surface area contributed by atoms with Crippen LogP contribution in [-0.2, 0) is 0 Å². The maximum atomic E-state index is 3.58. The van der Waals surface area contributed by atoms with Crippen molar-refractivity contribution >= 4 is 16.5 Å². The van der Waals surface area contributed by atoms with Gasteiger partial charge in [-0.15, -0.1) is 0 Å². The Labute approximate surface area is 134 Å². The second kappa shape index (κ2) is 6.29. The Bertz CT molecular complexity index is 632. The van der Waals surface area contributed by atoms with Crippen LogP contribution in [0.4, 0.5) is 0 Å². The van der Waals surface area contributed by atoms with Gasteiger partial charge in [0.1, 0.15) is 0 Å². The number of fused-ring (bicyclic) bond motifs is 1. The zero-order valence-electron chi connectivity index (χ0n) is 14.2. The van der Waals surface area contributed by atoms with Gasteiger partial charge < -0.3 is 9.88 Å². The molecule has 1 aromatic heterocycles. The van der Waals surface area contributed by atoms with Crippen LogP contribution in [0.1, 0.15) is 51.1 Å². The van der Waals surface area contributed by atoms with Crippen LogP contribution in [0.2, 0.25) is 0 Å². The zero-order chi connectivity index (χ0) is 15.6. The molecular weight excluding hydrogens is 268 g/mol. The smallest absolute Gasteiger partial charge is 0.0458 e. The average Bonchev–Trinajstić information content (AvgIpc) is 2.97. The molecule has 0 aliphatic heterocycles. The number of aromatic nitrogens is 1. The van der Waals surface area contributed by atoms with Crippen LogP contribution < -0.4 is 0 Å². The summed E-state index contributed by atoms with van der Waals surface area (Å²) >= 11 is 0. The number of nitrogens with one attached hydrogen (secondary N) is 1. The molecule has 0 saturated carbocycles. The van der Waals surface area contributed by atoms with E-state index in [4.69, 9.17) is 0 Å². The third-order valence-electron chi connectivity index (χ3n) is 5.41. The standard InChI is InChI=1S/C20H28N2/c1-4-5-12-20(22(2)3)13-10-16(11-14-20)19-15-17-8-6-7-9-18(17)21-19/h6-10,15,21H,4-5,11-14H2,1-3H3. The van der Waals surface area contributed by atoms with Crippen LogP contribution in [-0.4, -0.2) is 29.5 Å². The maximum absolute atomic E-state index is 3.58. The van der Waals surface area contributed by atoms with E-state index in [1.807, 2.05) is 0 Å². The first-order valence-corrected chi connectivity index (χ1v) is 8.59. The summed E-state index contributed by atoms with van der Waals surface area (Å²) in [6.07, 6.45) is 10.0. The van der Waals surface area contributed by atoms with Gasteiger partial charge in [0.05, 0.1) is 0 Å². The zero-order valence-corrected chi connectivity index (χ0v) is 14.2. The number of allylic oxidation sites excluding steroid dienone is 1. The third kappa shape index (κ3) is 2.85. The lowest BCUT2D eigenvalue weighted by Crippen LogP contribution is -2.45. The molecule has 1 unspecified atom stereocenters. The highest BCUT2D eigenvalue weighted by molar-refractivity contribution is 5.84. The SMILES string of the molecule is CCCCC1(N(C)C)CC=C(c2cc3ccccc3[nH]2)CC1. The Morgan fingerprint density at radius 1 is 1.23 bits per heavy atom. The molecule has 0 fully saturated rings. The van der Waals surface area contributed by atoms with E-state index in [-0.39, 0.29) is 0 Å². The van der Waals surface area contributed by atoms with Gasteiger partial charge in [-0.25, -0.2) is 0 Å². The van der Waals surface area contributed by atoms with Crippen molar-refractivity contribution in [3.63, 3.8) is 0 Å². The normalized spacial score (nSPS) is 22.3. The number of para-hydroxylation sites is 1. The summed E-state index contributed by atoms with van der Waals surface area (Å²) < 4.78 is 0. The van der Waals surface area contributed by atoms with Crippen molar-refractivity contribution in [2.45, 2.75) is 51.0 Å². The number of hydrogen-bond donors (Lipinski definition) is 1. The Morgan fingerprint density at radius 3 is 2.68 bits per heavy atom. The summed E-state index contributed by atoms with van der Waals surface area (Å²) in [7, 11) is 4.49. The summed E-state index contributed by atoms with van der Waals surface area (Å²) in [4.78, 5) is 6.04. The Hall–Kier alpha value is -1.54. The minimum absolute atomic E-state index is 0.367. The van der Waals surface area contributed by atoms with Crippen molar-refractivity contribution in [1.29, 1.82) is 0 Å². The summed E-state index contributed by atoms with van der Waals surface area (Å²) in [6, 6.07) is 10.9. The topological polar surface area (TPSA) is 19.0 Å². The number of nitrogens with zero attached hydrogens (tertiary/aromatic N) is 1. The highest BCUT2D eigenvalue weighted by Crippen LogP contribution is 2.39. The van der Waals surface area contributed by atoms with Gasteiger partial charge in [-0.05, 0) is 62.9 Å². The quantitative estimate of drug-likeness (QED) is 0.801. The molecule has 0 spiro atoms. The molecule has 2 aromatic rings. The average molecular weight is 296 g/mol. The van der Waals surface area contributed by atoms with Crippen LogP contribution >= 0.6 is 0 Å². The second-order valence-corrected chi connectivity index (χ2v) is 6.93. The van der Waals surface area contributed by atoms with Crippen molar-refractivity contribution in [1.82, 2.24) is 9.88 Å². The lowest BCUT2D eigenvalue weighted by Gasteiger charge is -2.42. The van der Waals surface area contributed by atoms with Crippen LogP contribution in [0.15, 0.2) is 36.4 Å². The molecule has 2 nitrogen and oxygen atoms in total. The fourth-order valence-electron chi connectivity index (χ4n) is 3.74. The molecule has 1 atom stereocenters. The third-order valence-corrected chi connectivity index (χ3v) is 5.41. The molecule has 1 N–H and O–H groups in total. The minimum atomic E-state index is 0.367. The number of H-pyrrole nitrogens is 1. The molecule has 3 rings (SSSR count). The van der Waals surface area contributed by atoms with E-state index in [0.29, 0.717) is 5.54 Å². The summed E-state index contributed by atoms with van der Waals surface area (Å²) in [5.41, 5.74) is 4.41. The summed E-state index contributed by atoms with van der Waals surface area (Å²) in [6.45, 7) is 2.29. The first-order valence-electron chi connectivity index (χ1n) is 8.59. The van der Waals surface area contributed by atoms with Crippen molar-refractivity contribution < 1.29 is 0 Å². The number of rotatable bonds is 5. The monoisotopic (exact) mass is 296 g/mol. The predicted octanol–water partition coefficient (Wildman–Crippen LogP) is 5.23. The Morgan fingerprint density at radius 2 is 2.05 bits per heavy atom. The van der Waals surface area contributed by atoms with Crippen LogP contribution in [0.3, 0.4) is 0 Å². The highest BCUT2D eigenvalue weighted by Gasteiger charge is 2.33. The van der Waals surface area contributed by atoms with Gasteiger partial charge in [-0.1, -0.05) is 44.0 Å². The molecule has 1 heterocycles. The van der Waals surface area contributed by atoms with E-state index < -0.39 is 0 Å². The number of unbranched alkanes of at least 4 members (excludes halogenated alkanes) is 1. The van der Waals surface area contributed by atoms with Crippen molar-refractivity contribution in [3.05, 3.63) is 42.1 Å². The van der Waals surface area contributed by atoms with Gasteiger partial charge in [0.25, 0.3) is 0 Å². The molecule has 118 valence electrons. The van der Waals surface area contributed by atoms with Gasteiger partial charge in [0, 0.05) is 16.7 Å². The van der Waals surface area contributed by atoms with Gasteiger partial charge in [-0.3, -0.25) is 0 Å². The lowest BCUT2D eigenvalue weighted by atomic mass is 9.77. The molecule has 0 amide bonds. The first-order chi connectivity index (χ1) is 10.6. The molecule has 2 heteroatoms. The van der Waals surface area contributed by atoms with E-state index in [1.165, 1.54) is 60.7 Å². The van der Waals surface area contributed by atoms with Crippen molar-refractivity contribution in [3.8, 4) is 0 Å². The lowest BCUT2D eigenvalue weighted by molar-refractivity contribution is 0.124. The molecule has 1 aromatic carbocycles. The van der Waals surface area contributed by atoms with E-state index in [0.717, 1.165) is 0 Å². The fraction of sp³-hybridized carbons (Fsp3) is 0.500. The molecular formula is C20H28N2. The number of hydrogen-bond acceptors (Lipinski definition) is 1. The van der Waals surface area contributed by atoms with E-state index in [9.17, 15) is 0 Å². The molecule has 0 saturated heterocycles. The maximum Gasteiger partial charge on any atom is 0.0458 e. The summed E-state index contributed by atoms with van der Waals surface area (Å²) in [5, 5.41) is 1.31. The summed E-state index contributed by atoms with van der Waals surface area (Å²) in [5.74, 6) is 0. The van der Waals surface area contributed by atoms with Gasteiger partial charge >= 0.3 is 0 Å². The van der Waals surface area contributed by atoms with Crippen molar-refractivity contribution in [2.75, 3.05) is 14.1 Å². The van der Waals surface area contributed by atoms with Gasteiger partial charge in [0.15, 0.2) is 0 Å². The van der Waals surface area contributed by atoms with Gasteiger partial charge in [-0.2, -0.15) is 0 Å². The van der Waals surface area contributed by atoms with Gasteiger partial charge in [0.2, 0.25) is 0 Å². The fourth-order valence-corrected chi connectivity index (χ4v) is 3.74. The first kappa shape index (κ1) is 15.4. The predicted molar refractivity (Wildman–Crippen MR) is 96.1 cm³/mol. The second-order valence-electron chi connectivity index (χ2n) is 6.93.